The van der Waals surface area contributed by atoms with Crippen LogP contribution in [-0.2, 0) is 19.1 Å². The second-order valence-corrected chi connectivity index (χ2v) is 5.69. The summed E-state index contributed by atoms with van der Waals surface area (Å²) in [5.74, 6) is -1.24. The van der Waals surface area contributed by atoms with Crippen LogP contribution >= 0.6 is 0 Å². The number of esters is 1. The van der Waals surface area contributed by atoms with Crippen molar-refractivity contribution in [1.82, 2.24) is 14.9 Å². The van der Waals surface area contributed by atoms with Crippen LogP contribution in [-0.4, -0.2) is 47.2 Å². The number of carbonyl (C=O) groups excluding carboxylic acids is 2. The number of nitrogens with one attached hydrogen (secondary N) is 2. The zero-order valence-corrected chi connectivity index (χ0v) is 14.6. The van der Waals surface area contributed by atoms with Gasteiger partial charge in [-0.2, -0.15) is 0 Å². The van der Waals surface area contributed by atoms with Gasteiger partial charge in [-0.05, 0) is 12.5 Å². The van der Waals surface area contributed by atoms with Crippen LogP contribution in [0.2, 0.25) is 0 Å². The van der Waals surface area contributed by atoms with Crippen LogP contribution in [0.1, 0.15) is 18.2 Å². The van der Waals surface area contributed by atoms with E-state index in [4.69, 9.17) is 15.0 Å². The van der Waals surface area contributed by atoms with Gasteiger partial charge in [-0.1, -0.05) is 5.11 Å². The van der Waals surface area contributed by atoms with Crippen LogP contribution in [0.15, 0.2) is 33.1 Å². The summed E-state index contributed by atoms with van der Waals surface area (Å²) in [5, 5.41) is 5.92. The highest BCUT2D eigenvalue weighted by atomic mass is 16.6. The van der Waals surface area contributed by atoms with Crippen molar-refractivity contribution < 1.29 is 19.1 Å². The number of hydrogen-bond acceptors (Lipinski definition) is 7. The lowest BCUT2D eigenvalue weighted by atomic mass is 10.1. The molecule has 0 radical (unpaired) electrons. The van der Waals surface area contributed by atoms with Gasteiger partial charge < -0.3 is 14.8 Å². The number of amides is 1. The minimum atomic E-state index is -0.798. The van der Waals surface area contributed by atoms with Gasteiger partial charge in [0.25, 0.3) is 5.56 Å². The Morgan fingerprint density at radius 2 is 2.26 bits per heavy atom. The average Bonchev–Trinajstić information content (AvgIpc) is 3.03. The molecule has 2 N–H and O–H groups in total. The molecule has 1 amide bonds. The Labute approximate surface area is 152 Å². The number of ether oxygens (including phenoxy) is 2. The summed E-state index contributed by atoms with van der Waals surface area (Å²) < 4.78 is 11.9. The van der Waals surface area contributed by atoms with E-state index in [1.54, 1.807) is 0 Å². The first-order chi connectivity index (χ1) is 12.8. The number of nitrogens with zero attached hydrogens (tertiary/aromatic N) is 4. The van der Waals surface area contributed by atoms with Crippen molar-refractivity contribution in [2.75, 3.05) is 13.7 Å². The predicted molar refractivity (Wildman–Crippen MR) is 91.7 cm³/mol. The lowest BCUT2D eigenvalue weighted by Crippen LogP contribution is -2.33. The first kappa shape index (κ1) is 19.9. The number of azide groups is 1. The van der Waals surface area contributed by atoms with Crippen LogP contribution in [0.25, 0.3) is 10.4 Å². The first-order valence-corrected chi connectivity index (χ1v) is 7.94. The average molecular weight is 378 g/mol. The molecule has 144 valence electrons. The predicted octanol–water partition coefficient (Wildman–Crippen LogP) is -0.343. The van der Waals surface area contributed by atoms with E-state index >= 15 is 0 Å². The number of H-pyrrole nitrogens is 1. The van der Waals surface area contributed by atoms with Gasteiger partial charge in [0.2, 0.25) is 5.91 Å². The van der Waals surface area contributed by atoms with Crippen molar-refractivity contribution in [2.45, 2.75) is 31.7 Å². The van der Waals surface area contributed by atoms with Gasteiger partial charge in [0.1, 0.15) is 18.9 Å². The van der Waals surface area contributed by atoms with E-state index in [1.165, 1.54) is 24.7 Å². The molecule has 3 atom stereocenters. The van der Waals surface area contributed by atoms with Gasteiger partial charge in [0, 0.05) is 42.3 Å². The Morgan fingerprint density at radius 1 is 1.52 bits per heavy atom. The topological polar surface area (TPSA) is 168 Å². The van der Waals surface area contributed by atoms with Crippen molar-refractivity contribution in [3.63, 3.8) is 0 Å². The van der Waals surface area contributed by atoms with Crippen LogP contribution in [0.3, 0.4) is 0 Å². The van der Waals surface area contributed by atoms with Crippen molar-refractivity contribution in [3.8, 4) is 0 Å². The molecule has 0 aliphatic carbocycles. The molecule has 12 nitrogen and oxygen atoms in total. The van der Waals surface area contributed by atoms with E-state index in [1.807, 2.05) is 0 Å². The lowest BCUT2D eigenvalue weighted by Gasteiger charge is -2.16. The molecule has 1 fully saturated rings. The molecule has 27 heavy (non-hydrogen) atoms. The van der Waals surface area contributed by atoms with E-state index in [0.717, 1.165) is 12.2 Å². The van der Waals surface area contributed by atoms with E-state index in [0.29, 0.717) is 5.56 Å². The van der Waals surface area contributed by atoms with Crippen LogP contribution in [0, 0.1) is 6.92 Å². The van der Waals surface area contributed by atoms with E-state index < -0.39 is 41.5 Å². The summed E-state index contributed by atoms with van der Waals surface area (Å²) >= 11 is 0. The molecule has 1 aromatic rings. The highest BCUT2D eigenvalue weighted by molar-refractivity contribution is 5.94. The molecule has 12 heteroatoms. The number of aromatic nitrogens is 2. The molecule has 3 unspecified atom stereocenters. The smallest absolute Gasteiger partial charge is 0.331 e. The highest BCUT2D eigenvalue weighted by Gasteiger charge is 2.37. The molecule has 1 aliphatic heterocycles. The number of carbonyl (C=O) groups is 2. The molecule has 1 saturated heterocycles. The van der Waals surface area contributed by atoms with Gasteiger partial charge in [-0.3, -0.25) is 19.1 Å². The van der Waals surface area contributed by atoms with Crippen LogP contribution in [0.5, 0.6) is 0 Å². The lowest BCUT2D eigenvalue weighted by molar-refractivity contribution is -0.143. The second-order valence-electron chi connectivity index (χ2n) is 5.69. The third kappa shape index (κ3) is 5.06. The van der Waals surface area contributed by atoms with Crippen LogP contribution in [0.4, 0.5) is 0 Å². The maximum absolute atomic E-state index is 12.0. The Morgan fingerprint density at radius 3 is 2.93 bits per heavy atom. The molecule has 0 saturated carbocycles. The Kier molecular flexibility index (Phi) is 6.52. The molecular weight excluding hydrogens is 360 g/mol. The molecule has 1 aromatic heterocycles. The summed E-state index contributed by atoms with van der Waals surface area (Å²) in [7, 11) is 1.41. The largest absolute Gasteiger partial charge is 0.460 e. The quantitative estimate of drug-likeness (QED) is 0.225. The normalized spacial score (nSPS) is 21.6. The van der Waals surface area contributed by atoms with Gasteiger partial charge in [0.15, 0.2) is 0 Å². The third-order valence-corrected chi connectivity index (χ3v) is 3.87. The fourth-order valence-electron chi connectivity index (χ4n) is 2.46. The van der Waals surface area contributed by atoms with Crippen molar-refractivity contribution in [2.24, 2.45) is 5.11 Å². The molecule has 0 aromatic carbocycles. The molecule has 2 heterocycles. The zero-order chi connectivity index (χ0) is 20.0. The van der Waals surface area contributed by atoms with E-state index in [2.05, 4.69) is 20.3 Å². The first-order valence-electron chi connectivity index (χ1n) is 7.94. The van der Waals surface area contributed by atoms with E-state index in [-0.39, 0.29) is 13.0 Å². The fraction of sp³-hybridized carbons (Fsp3) is 0.467. The number of likely N-dealkylation sites (N-methyl/N-ethyl adjacent to an activating group) is 1. The van der Waals surface area contributed by atoms with Gasteiger partial charge in [-0.25, -0.2) is 9.59 Å². The van der Waals surface area contributed by atoms with Crippen molar-refractivity contribution in [3.05, 3.63) is 55.2 Å². The Hall–Kier alpha value is -3.37. The third-order valence-electron chi connectivity index (χ3n) is 3.87. The second kappa shape index (κ2) is 8.83. The Balaban J connectivity index is 2.10. The minimum absolute atomic E-state index is 0.158. The van der Waals surface area contributed by atoms with E-state index in [9.17, 15) is 19.2 Å². The molecule has 2 rings (SSSR count). The minimum Gasteiger partial charge on any atom is -0.460 e. The standard InChI is InChI=1S/C15H18N6O6/c1-8-6-21(15(25)18-14(8)24)12-5-9(19-20-16)10(27-12)7-26-13(23)4-3-11(22)17-2/h3-4,6,9-10,12H,5,7H2,1-2H3,(H,17,22)(H,18,24,25)/b4-3+. The molecule has 0 spiro atoms. The summed E-state index contributed by atoms with van der Waals surface area (Å²) in [6.07, 6.45) is 1.87. The highest BCUT2D eigenvalue weighted by Crippen LogP contribution is 2.30. The van der Waals surface area contributed by atoms with Gasteiger partial charge in [-0.15, -0.1) is 0 Å². The summed E-state index contributed by atoms with van der Waals surface area (Å²) in [6, 6.07) is -0.685. The maximum atomic E-state index is 12.0. The van der Waals surface area contributed by atoms with Crippen molar-refractivity contribution in [1.29, 1.82) is 0 Å². The van der Waals surface area contributed by atoms with Gasteiger partial charge in [0.05, 0.1) is 6.04 Å². The summed E-state index contributed by atoms with van der Waals surface area (Å²) in [5.41, 5.74) is 7.85. The number of rotatable bonds is 6. The number of aromatic amines is 1. The zero-order valence-electron chi connectivity index (χ0n) is 14.6. The summed E-state index contributed by atoms with van der Waals surface area (Å²) in [6.45, 7) is 1.29. The Bertz CT molecular complexity index is 912. The maximum Gasteiger partial charge on any atom is 0.331 e. The summed E-state index contributed by atoms with van der Waals surface area (Å²) in [4.78, 5) is 51.1. The molecule has 0 bridgehead atoms. The monoisotopic (exact) mass is 378 g/mol. The SMILES string of the molecule is CNC(=O)/C=C/C(=O)OCC1OC(n2cc(C)c(=O)[nH]c2=O)CC1N=[N+]=[N-]. The molecule has 1 aliphatic rings. The number of aryl methyl sites for hydroxylation is 1. The van der Waals surface area contributed by atoms with Gasteiger partial charge >= 0.3 is 11.7 Å². The van der Waals surface area contributed by atoms with Crippen molar-refractivity contribution >= 4 is 11.9 Å². The number of hydrogen-bond donors (Lipinski definition) is 2. The fourth-order valence-corrected chi connectivity index (χ4v) is 2.46. The van der Waals surface area contributed by atoms with Crippen LogP contribution < -0.4 is 16.6 Å². The molecular formula is C15H18N6O6.